The third kappa shape index (κ3) is 5.52. The van der Waals surface area contributed by atoms with Crippen LogP contribution in [0.3, 0.4) is 0 Å². The molecule has 1 amide bonds. The van der Waals surface area contributed by atoms with E-state index in [0.717, 1.165) is 41.3 Å². The molecule has 0 fully saturated rings. The van der Waals surface area contributed by atoms with Gasteiger partial charge in [-0.15, -0.1) is 0 Å². The van der Waals surface area contributed by atoms with Crippen molar-refractivity contribution in [1.82, 2.24) is 14.9 Å². The van der Waals surface area contributed by atoms with Crippen molar-refractivity contribution in [3.8, 4) is 11.5 Å². The van der Waals surface area contributed by atoms with Crippen LogP contribution in [0.1, 0.15) is 33.7 Å². The van der Waals surface area contributed by atoms with Gasteiger partial charge < -0.3 is 19.4 Å². The number of methoxy groups -OCH3 is 1. The summed E-state index contributed by atoms with van der Waals surface area (Å²) in [5, 5.41) is 2.99. The maximum atomic E-state index is 12.6. The molecule has 6 nitrogen and oxygen atoms in total. The van der Waals surface area contributed by atoms with Crippen molar-refractivity contribution in [3.63, 3.8) is 0 Å². The number of hydrogen-bond donors (Lipinski definition) is 1. The van der Waals surface area contributed by atoms with Crippen LogP contribution in [-0.4, -0.2) is 29.2 Å². The largest absolute Gasteiger partial charge is 0.497 e. The minimum atomic E-state index is -0.144. The first-order chi connectivity index (χ1) is 16.0. The van der Waals surface area contributed by atoms with Crippen LogP contribution in [0.15, 0.2) is 66.7 Å². The summed E-state index contributed by atoms with van der Waals surface area (Å²) in [6.45, 7) is 5.84. The summed E-state index contributed by atoms with van der Waals surface area (Å²) in [5.74, 6) is 2.30. The highest BCUT2D eigenvalue weighted by molar-refractivity contribution is 5.94. The monoisotopic (exact) mass is 443 g/mol. The molecule has 6 heteroatoms. The highest BCUT2D eigenvalue weighted by Crippen LogP contribution is 2.19. The lowest BCUT2D eigenvalue weighted by molar-refractivity contribution is 0.0949. The van der Waals surface area contributed by atoms with Gasteiger partial charge in [0.1, 0.15) is 17.3 Å². The van der Waals surface area contributed by atoms with E-state index in [4.69, 9.17) is 14.5 Å². The first kappa shape index (κ1) is 22.4. The molecule has 3 aromatic carbocycles. The predicted octanol–water partition coefficient (Wildman–Crippen LogP) is 5.06. The molecule has 0 saturated heterocycles. The number of imidazole rings is 1. The Morgan fingerprint density at radius 3 is 2.42 bits per heavy atom. The number of nitrogens with one attached hydrogen (secondary N) is 1. The van der Waals surface area contributed by atoms with E-state index in [1.807, 2.05) is 18.2 Å². The van der Waals surface area contributed by atoms with Gasteiger partial charge >= 0.3 is 0 Å². The Hall–Kier alpha value is -3.80. The highest BCUT2D eigenvalue weighted by Gasteiger charge is 2.12. The molecule has 0 unspecified atom stereocenters. The van der Waals surface area contributed by atoms with E-state index in [9.17, 15) is 4.79 Å². The number of amides is 1. The van der Waals surface area contributed by atoms with E-state index in [1.165, 1.54) is 11.1 Å². The van der Waals surface area contributed by atoms with Crippen LogP contribution in [0, 0.1) is 13.8 Å². The van der Waals surface area contributed by atoms with Crippen molar-refractivity contribution in [2.75, 3.05) is 13.7 Å². The molecule has 33 heavy (non-hydrogen) atoms. The number of hydrogen-bond acceptors (Lipinski definition) is 4. The molecule has 0 bridgehead atoms. The fourth-order valence-corrected chi connectivity index (χ4v) is 3.94. The van der Waals surface area contributed by atoms with Crippen LogP contribution in [0.5, 0.6) is 11.5 Å². The molecule has 0 aliphatic rings. The molecular formula is C27H29N3O3. The zero-order chi connectivity index (χ0) is 23.2. The van der Waals surface area contributed by atoms with Crippen molar-refractivity contribution in [2.45, 2.75) is 33.4 Å². The standard InChI is InChI=1S/C27H29N3O3/c1-19-15-20(2)17-23(16-19)33-14-6-13-30-25-8-5-4-7-24(25)29-26(30)18-28-27(31)21-9-11-22(32-3)12-10-21/h4-5,7-12,15-17H,6,13-14,18H2,1-3H3,(H,28,31). The van der Waals surface area contributed by atoms with E-state index in [2.05, 4.69) is 48.0 Å². The van der Waals surface area contributed by atoms with Gasteiger partial charge in [0.15, 0.2) is 0 Å². The van der Waals surface area contributed by atoms with Gasteiger partial charge in [0.25, 0.3) is 5.91 Å². The Balaban J connectivity index is 1.42. The Bertz CT molecular complexity index is 1230. The Morgan fingerprint density at radius 1 is 0.970 bits per heavy atom. The maximum absolute atomic E-state index is 12.6. The van der Waals surface area contributed by atoms with Gasteiger partial charge in [0, 0.05) is 12.1 Å². The summed E-state index contributed by atoms with van der Waals surface area (Å²) < 4.78 is 13.3. The number of benzene rings is 3. The molecule has 4 rings (SSSR count). The fraction of sp³-hybridized carbons (Fsp3) is 0.259. The predicted molar refractivity (Wildman–Crippen MR) is 130 cm³/mol. The molecule has 0 radical (unpaired) electrons. The van der Waals surface area contributed by atoms with Crippen LogP contribution in [0.2, 0.25) is 0 Å². The van der Waals surface area contributed by atoms with Crippen LogP contribution in [0.25, 0.3) is 11.0 Å². The second-order valence-electron chi connectivity index (χ2n) is 8.10. The number of ether oxygens (including phenoxy) is 2. The maximum Gasteiger partial charge on any atom is 0.251 e. The summed E-state index contributed by atoms with van der Waals surface area (Å²) in [7, 11) is 1.60. The molecule has 0 aliphatic carbocycles. The summed E-state index contributed by atoms with van der Waals surface area (Å²) >= 11 is 0. The van der Waals surface area contributed by atoms with Crippen LogP contribution < -0.4 is 14.8 Å². The number of aryl methyl sites for hydroxylation is 3. The van der Waals surface area contributed by atoms with Crippen LogP contribution in [0.4, 0.5) is 0 Å². The van der Waals surface area contributed by atoms with E-state index in [1.54, 1.807) is 31.4 Å². The zero-order valence-electron chi connectivity index (χ0n) is 19.3. The number of para-hydroxylation sites is 2. The summed E-state index contributed by atoms with van der Waals surface area (Å²) in [6.07, 6.45) is 0.826. The third-order valence-electron chi connectivity index (χ3n) is 5.48. The second kappa shape index (κ2) is 10.2. The van der Waals surface area contributed by atoms with Crippen molar-refractivity contribution < 1.29 is 14.3 Å². The molecular weight excluding hydrogens is 414 g/mol. The van der Waals surface area contributed by atoms with Crippen LogP contribution >= 0.6 is 0 Å². The fourth-order valence-electron chi connectivity index (χ4n) is 3.94. The van der Waals surface area contributed by atoms with Crippen molar-refractivity contribution in [3.05, 3.63) is 89.2 Å². The van der Waals surface area contributed by atoms with Gasteiger partial charge in [-0.1, -0.05) is 18.2 Å². The zero-order valence-corrected chi connectivity index (χ0v) is 19.3. The average molecular weight is 444 g/mol. The molecule has 0 saturated carbocycles. The molecule has 1 aromatic heterocycles. The highest BCUT2D eigenvalue weighted by atomic mass is 16.5. The van der Waals surface area contributed by atoms with Crippen molar-refractivity contribution >= 4 is 16.9 Å². The number of nitrogens with zero attached hydrogens (tertiary/aromatic N) is 2. The normalized spacial score (nSPS) is 10.9. The Kier molecular flexibility index (Phi) is 6.93. The minimum absolute atomic E-state index is 0.144. The van der Waals surface area contributed by atoms with Gasteiger partial charge in [-0.25, -0.2) is 4.98 Å². The molecule has 1 heterocycles. The van der Waals surface area contributed by atoms with E-state index >= 15 is 0 Å². The summed E-state index contributed by atoms with van der Waals surface area (Å²) in [6, 6.07) is 21.3. The average Bonchev–Trinajstić information content (AvgIpc) is 3.17. The smallest absolute Gasteiger partial charge is 0.251 e. The third-order valence-corrected chi connectivity index (χ3v) is 5.48. The number of aromatic nitrogens is 2. The molecule has 0 atom stereocenters. The molecule has 1 N–H and O–H groups in total. The SMILES string of the molecule is COc1ccc(C(=O)NCc2nc3ccccc3n2CCCOc2cc(C)cc(C)c2)cc1. The lowest BCUT2D eigenvalue weighted by Crippen LogP contribution is -2.25. The minimum Gasteiger partial charge on any atom is -0.497 e. The Labute approximate surface area is 194 Å². The van der Waals surface area contributed by atoms with Gasteiger partial charge in [0.2, 0.25) is 0 Å². The number of rotatable bonds is 9. The van der Waals surface area contributed by atoms with Gasteiger partial charge in [0.05, 0.1) is 31.3 Å². The number of carbonyl (C=O) groups excluding carboxylic acids is 1. The molecule has 0 spiro atoms. The van der Waals surface area contributed by atoms with E-state index in [0.29, 0.717) is 18.7 Å². The van der Waals surface area contributed by atoms with Crippen molar-refractivity contribution in [2.24, 2.45) is 0 Å². The molecule has 170 valence electrons. The first-order valence-electron chi connectivity index (χ1n) is 11.1. The van der Waals surface area contributed by atoms with Gasteiger partial charge in [-0.2, -0.15) is 0 Å². The Morgan fingerprint density at radius 2 is 1.70 bits per heavy atom. The lowest BCUT2D eigenvalue weighted by Gasteiger charge is -2.12. The van der Waals surface area contributed by atoms with Gasteiger partial charge in [-0.3, -0.25) is 4.79 Å². The number of carbonyl (C=O) groups is 1. The topological polar surface area (TPSA) is 65.4 Å². The van der Waals surface area contributed by atoms with Gasteiger partial charge in [-0.05, 0) is 79.9 Å². The quantitative estimate of drug-likeness (QED) is 0.367. The van der Waals surface area contributed by atoms with E-state index in [-0.39, 0.29) is 5.91 Å². The summed E-state index contributed by atoms with van der Waals surface area (Å²) in [4.78, 5) is 17.4. The van der Waals surface area contributed by atoms with E-state index < -0.39 is 0 Å². The lowest BCUT2D eigenvalue weighted by atomic mass is 10.1. The summed E-state index contributed by atoms with van der Waals surface area (Å²) in [5.41, 5.74) is 4.94. The molecule has 4 aromatic rings. The van der Waals surface area contributed by atoms with Crippen molar-refractivity contribution in [1.29, 1.82) is 0 Å². The second-order valence-corrected chi connectivity index (χ2v) is 8.10. The number of fused-ring (bicyclic) bond motifs is 1. The molecule has 0 aliphatic heterocycles. The van der Waals surface area contributed by atoms with Crippen LogP contribution in [-0.2, 0) is 13.1 Å². The first-order valence-corrected chi connectivity index (χ1v) is 11.1.